The Hall–Kier alpha value is -1.93. The molecule has 0 bridgehead atoms. The summed E-state index contributed by atoms with van der Waals surface area (Å²) in [4.78, 5) is 23.6. The molecule has 1 aromatic carbocycles. The predicted octanol–water partition coefficient (Wildman–Crippen LogP) is 1.24. The number of hydrogen-bond acceptors (Lipinski definition) is 5. The Morgan fingerprint density at radius 2 is 1.83 bits per heavy atom. The summed E-state index contributed by atoms with van der Waals surface area (Å²) in [6, 6.07) is 5.57. The topological polar surface area (TPSA) is 116 Å². The molecule has 0 radical (unpaired) electrons. The maximum absolute atomic E-state index is 11.9. The van der Waals surface area contributed by atoms with Gasteiger partial charge in [0.05, 0.1) is 16.9 Å². The summed E-state index contributed by atoms with van der Waals surface area (Å²) in [7, 11) is -3.74. The fourth-order valence-electron chi connectivity index (χ4n) is 2.73. The van der Waals surface area contributed by atoms with Crippen LogP contribution >= 0.6 is 0 Å². The predicted molar refractivity (Wildman–Crippen MR) is 87.3 cm³/mol. The van der Waals surface area contributed by atoms with Crippen LogP contribution in [0.1, 0.15) is 44.2 Å². The first-order valence-electron chi connectivity index (χ1n) is 7.86. The van der Waals surface area contributed by atoms with E-state index in [0.717, 1.165) is 31.2 Å². The van der Waals surface area contributed by atoms with Crippen molar-refractivity contribution in [3.63, 3.8) is 0 Å². The van der Waals surface area contributed by atoms with Gasteiger partial charge in [-0.15, -0.1) is 0 Å². The van der Waals surface area contributed by atoms with Gasteiger partial charge in [0.1, 0.15) is 0 Å². The number of rotatable bonds is 6. The number of carbonyl (C=O) groups excluding carboxylic acids is 2. The second-order valence-corrected chi connectivity index (χ2v) is 7.55. The molecule has 1 aliphatic rings. The molecule has 1 aliphatic carbocycles. The highest BCUT2D eigenvalue weighted by Crippen LogP contribution is 2.25. The Morgan fingerprint density at radius 1 is 1.25 bits per heavy atom. The highest BCUT2D eigenvalue weighted by atomic mass is 32.2. The lowest BCUT2D eigenvalue weighted by Crippen LogP contribution is -2.32. The highest BCUT2D eigenvalue weighted by molar-refractivity contribution is 7.89. The van der Waals surface area contributed by atoms with Gasteiger partial charge >= 0.3 is 5.97 Å². The Labute approximate surface area is 141 Å². The molecule has 0 aromatic heterocycles. The van der Waals surface area contributed by atoms with Gasteiger partial charge in [-0.3, -0.25) is 9.59 Å². The molecule has 0 heterocycles. The second-order valence-electron chi connectivity index (χ2n) is 5.99. The standard InChI is InChI=1S/C16H22N2O5S/c1-11(12-6-8-14(9-7-12)24(17,21)22)18-15(19)10-23-16(20)13-4-2-3-5-13/h6-9,11,13H,2-5,10H2,1H3,(H,18,19)(H2,17,21,22)/t11-/m1/s1. The minimum atomic E-state index is -3.74. The first kappa shape index (κ1) is 18.4. The van der Waals surface area contributed by atoms with Crippen LogP contribution in [0.2, 0.25) is 0 Å². The number of hydrogen-bond donors (Lipinski definition) is 2. The quantitative estimate of drug-likeness (QED) is 0.746. The fraction of sp³-hybridized carbons (Fsp3) is 0.500. The van der Waals surface area contributed by atoms with Crippen molar-refractivity contribution in [2.45, 2.75) is 43.5 Å². The molecule has 0 saturated heterocycles. The van der Waals surface area contributed by atoms with Crippen molar-refractivity contribution < 1.29 is 22.7 Å². The number of primary sulfonamides is 1. The van der Waals surface area contributed by atoms with Crippen LogP contribution in [-0.2, 0) is 24.3 Å². The molecule has 0 spiro atoms. The number of esters is 1. The SMILES string of the molecule is C[C@@H](NC(=O)COC(=O)C1CCCC1)c1ccc(S(N)(=O)=O)cc1. The number of sulfonamides is 1. The maximum atomic E-state index is 11.9. The molecule has 132 valence electrons. The number of ether oxygens (including phenoxy) is 1. The van der Waals surface area contributed by atoms with E-state index in [9.17, 15) is 18.0 Å². The van der Waals surface area contributed by atoms with Crippen LogP contribution in [0.4, 0.5) is 0 Å². The smallest absolute Gasteiger partial charge is 0.309 e. The van der Waals surface area contributed by atoms with E-state index < -0.39 is 15.9 Å². The van der Waals surface area contributed by atoms with Crippen molar-refractivity contribution in [1.29, 1.82) is 0 Å². The van der Waals surface area contributed by atoms with Crippen molar-refractivity contribution >= 4 is 21.9 Å². The van der Waals surface area contributed by atoms with Gasteiger partial charge in [0.2, 0.25) is 10.0 Å². The molecular formula is C16H22N2O5S. The zero-order valence-electron chi connectivity index (χ0n) is 13.5. The zero-order valence-corrected chi connectivity index (χ0v) is 14.3. The van der Waals surface area contributed by atoms with Gasteiger partial charge in [-0.1, -0.05) is 25.0 Å². The zero-order chi connectivity index (χ0) is 17.7. The van der Waals surface area contributed by atoms with Gasteiger partial charge in [-0.2, -0.15) is 0 Å². The van der Waals surface area contributed by atoms with E-state index in [1.54, 1.807) is 19.1 Å². The molecule has 2 rings (SSSR count). The number of nitrogens with two attached hydrogens (primary N) is 1. The second kappa shape index (κ2) is 7.76. The molecular weight excluding hydrogens is 332 g/mol. The number of carbonyl (C=O) groups is 2. The van der Waals surface area contributed by atoms with Gasteiger partial charge < -0.3 is 10.1 Å². The summed E-state index contributed by atoms with van der Waals surface area (Å²) >= 11 is 0. The van der Waals surface area contributed by atoms with E-state index in [4.69, 9.17) is 9.88 Å². The highest BCUT2D eigenvalue weighted by Gasteiger charge is 2.24. The summed E-state index contributed by atoms with van der Waals surface area (Å²) < 4.78 is 27.5. The molecule has 0 aliphatic heterocycles. The summed E-state index contributed by atoms with van der Waals surface area (Å²) in [5.74, 6) is -0.793. The molecule has 7 nitrogen and oxygen atoms in total. The van der Waals surface area contributed by atoms with E-state index in [1.165, 1.54) is 12.1 Å². The molecule has 24 heavy (non-hydrogen) atoms. The number of benzene rings is 1. The molecule has 1 atom stereocenters. The molecule has 1 saturated carbocycles. The van der Waals surface area contributed by atoms with Crippen molar-refractivity contribution in [2.75, 3.05) is 6.61 Å². The van der Waals surface area contributed by atoms with Crippen LogP contribution in [0.25, 0.3) is 0 Å². The first-order valence-corrected chi connectivity index (χ1v) is 9.41. The third kappa shape index (κ3) is 5.04. The molecule has 1 amide bonds. The van der Waals surface area contributed by atoms with Crippen molar-refractivity contribution in [3.8, 4) is 0 Å². The summed E-state index contributed by atoms with van der Waals surface area (Å²) in [6.45, 7) is 1.44. The van der Waals surface area contributed by atoms with Crippen LogP contribution in [0.3, 0.4) is 0 Å². The van der Waals surface area contributed by atoms with E-state index in [1.807, 2.05) is 0 Å². The van der Waals surface area contributed by atoms with Crippen LogP contribution in [0, 0.1) is 5.92 Å². The van der Waals surface area contributed by atoms with Gasteiger partial charge in [0.15, 0.2) is 6.61 Å². The Kier molecular flexibility index (Phi) is 5.95. The van der Waals surface area contributed by atoms with Crippen molar-refractivity contribution in [3.05, 3.63) is 29.8 Å². The Balaban J connectivity index is 1.83. The maximum Gasteiger partial charge on any atom is 0.309 e. The van der Waals surface area contributed by atoms with Gasteiger partial charge in [0, 0.05) is 0 Å². The average Bonchev–Trinajstić information content (AvgIpc) is 3.06. The minimum absolute atomic E-state index is 0.00951. The van der Waals surface area contributed by atoms with Crippen molar-refractivity contribution in [1.82, 2.24) is 5.32 Å². The van der Waals surface area contributed by atoms with Crippen LogP contribution in [0.5, 0.6) is 0 Å². The third-order valence-corrected chi connectivity index (χ3v) is 5.05. The monoisotopic (exact) mass is 354 g/mol. The fourth-order valence-corrected chi connectivity index (χ4v) is 3.24. The van der Waals surface area contributed by atoms with Crippen LogP contribution in [-0.4, -0.2) is 26.9 Å². The lowest BCUT2D eigenvalue weighted by molar-refractivity contribution is -0.152. The minimum Gasteiger partial charge on any atom is -0.455 e. The normalized spacial score (nSPS) is 16.6. The Bertz CT molecular complexity index is 694. The van der Waals surface area contributed by atoms with Gasteiger partial charge in [0.25, 0.3) is 5.91 Å². The summed E-state index contributed by atoms with van der Waals surface area (Å²) in [6.07, 6.45) is 3.70. The summed E-state index contributed by atoms with van der Waals surface area (Å²) in [5, 5.41) is 7.74. The molecule has 0 unspecified atom stereocenters. The lowest BCUT2D eigenvalue weighted by atomic mass is 10.1. The third-order valence-electron chi connectivity index (χ3n) is 4.12. The first-order chi connectivity index (χ1) is 11.3. The number of amides is 1. The lowest BCUT2D eigenvalue weighted by Gasteiger charge is -2.15. The van der Waals surface area contributed by atoms with E-state index in [-0.39, 0.29) is 29.4 Å². The average molecular weight is 354 g/mol. The van der Waals surface area contributed by atoms with Crippen LogP contribution < -0.4 is 10.5 Å². The van der Waals surface area contributed by atoms with Crippen LogP contribution in [0.15, 0.2) is 29.2 Å². The number of nitrogens with one attached hydrogen (secondary N) is 1. The molecule has 1 fully saturated rings. The van der Waals surface area contributed by atoms with Crippen molar-refractivity contribution in [2.24, 2.45) is 11.1 Å². The Morgan fingerprint density at radius 3 is 2.38 bits per heavy atom. The molecule has 3 N–H and O–H groups in total. The molecule has 1 aromatic rings. The van der Waals surface area contributed by atoms with Gasteiger partial charge in [-0.05, 0) is 37.5 Å². The largest absolute Gasteiger partial charge is 0.455 e. The van der Waals surface area contributed by atoms with E-state index in [0.29, 0.717) is 0 Å². The summed E-state index contributed by atoms with van der Waals surface area (Å²) in [5.41, 5.74) is 0.720. The van der Waals surface area contributed by atoms with E-state index in [2.05, 4.69) is 5.32 Å². The van der Waals surface area contributed by atoms with Gasteiger partial charge in [-0.25, -0.2) is 13.6 Å². The molecule has 8 heteroatoms. The van der Waals surface area contributed by atoms with E-state index >= 15 is 0 Å².